The summed E-state index contributed by atoms with van der Waals surface area (Å²) >= 11 is 0. The molecule has 1 aromatic heterocycles. The van der Waals surface area contributed by atoms with E-state index in [9.17, 15) is 0 Å². The number of piperazine rings is 1. The van der Waals surface area contributed by atoms with E-state index in [4.69, 9.17) is 10.5 Å². The third-order valence-corrected chi connectivity index (χ3v) is 3.60. The van der Waals surface area contributed by atoms with Gasteiger partial charge in [0.2, 0.25) is 0 Å². The molecule has 2 heterocycles. The SMILES string of the molecule is CC(N)Cc1ccc(OCCN2CCN(C)CC2)cn1. The van der Waals surface area contributed by atoms with Gasteiger partial charge in [-0.3, -0.25) is 9.88 Å². The standard InChI is InChI=1S/C15H26N4O/c1-13(16)11-14-3-4-15(12-17-14)20-10-9-19-7-5-18(2)6-8-19/h3-4,12-13H,5-11,16H2,1-2H3. The van der Waals surface area contributed by atoms with E-state index >= 15 is 0 Å². The molecule has 1 fully saturated rings. The number of likely N-dealkylation sites (N-methyl/N-ethyl adjacent to an activating group) is 1. The molecule has 1 unspecified atom stereocenters. The second-order valence-corrected chi connectivity index (χ2v) is 5.66. The molecule has 20 heavy (non-hydrogen) atoms. The number of pyridine rings is 1. The summed E-state index contributed by atoms with van der Waals surface area (Å²) in [6.07, 6.45) is 2.60. The summed E-state index contributed by atoms with van der Waals surface area (Å²) < 4.78 is 5.75. The molecule has 0 aromatic carbocycles. The molecule has 1 aromatic rings. The molecule has 5 heteroatoms. The normalized spacial score (nSPS) is 18.9. The molecule has 112 valence electrons. The molecule has 1 aliphatic heterocycles. The Morgan fingerprint density at radius 1 is 1.30 bits per heavy atom. The lowest BCUT2D eigenvalue weighted by molar-refractivity contribution is 0.133. The van der Waals surface area contributed by atoms with Gasteiger partial charge in [0.1, 0.15) is 12.4 Å². The van der Waals surface area contributed by atoms with Crippen molar-refractivity contribution in [2.24, 2.45) is 5.73 Å². The second kappa shape index (κ2) is 7.57. The predicted octanol–water partition coefficient (Wildman–Crippen LogP) is 0.598. The summed E-state index contributed by atoms with van der Waals surface area (Å²) in [7, 11) is 2.17. The van der Waals surface area contributed by atoms with Crippen LogP contribution >= 0.6 is 0 Å². The van der Waals surface area contributed by atoms with Gasteiger partial charge in [-0.25, -0.2) is 0 Å². The minimum Gasteiger partial charge on any atom is -0.491 e. The summed E-state index contributed by atoms with van der Waals surface area (Å²) in [5.74, 6) is 0.840. The van der Waals surface area contributed by atoms with E-state index < -0.39 is 0 Å². The van der Waals surface area contributed by atoms with Gasteiger partial charge >= 0.3 is 0 Å². The zero-order valence-corrected chi connectivity index (χ0v) is 12.6. The molecule has 0 saturated carbocycles. The van der Waals surface area contributed by atoms with E-state index in [2.05, 4.69) is 21.8 Å². The van der Waals surface area contributed by atoms with E-state index in [0.717, 1.165) is 57.2 Å². The molecule has 1 atom stereocenters. The van der Waals surface area contributed by atoms with Crippen molar-refractivity contribution in [1.29, 1.82) is 0 Å². The van der Waals surface area contributed by atoms with Crippen LogP contribution in [0.2, 0.25) is 0 Å². The van der Waals surface area contributed by atoms with E-state index in [0.29, 0.717) is 0 Å². The maximum absolute atomic E-state index is 5.75. The lowest BCUT2D eigenvalue weighted by Crippen LogP contribution is -2.45. The Balaban J connectivity index is 1.69. The van der Waals surface area contributed by atoms with Crippen LogP contribution in [0.3, 0.4) is 0 Å². The highest BCUT2D eigenvalue weighted by atomic mass is 16.5. The van der Waals surface area contributed by atoms with Crippen LogP contribution in [0.5, 0.6) is 5.75 Å². The maximum Gasteiger partial charge on any atom is 0.137 e. The summed E-state index contributed by atoms with van der Waals surface area (Å²) in [5.41, 5.74) is 6.77. The van der Waals surface area contributed by atoms with Crippen LogP contribution < -0.4 is 10.5 Å². The molecule has 0 spiro atoms. The lowest BCUT2D eigenvalue weighted by atomic mass is 10.2. The van der Waals surface area contributed by atoms with Crippen molar-refractivity contribution in [1.82, 2.24) is 14.8 Å². The van der Waals surface area contributed by atoms with Crippen molar-refractivity contribution in [3.8, 4) is 5.75 Å². The van der Waals surface area contributed by atoms with Crippen LogP contribution in [-0.2, 0) is 6.42 Å². The Kier molecular flexibility index (Phi) is 5.76. The molecule has 5 nitrogen and oxygen atoms in total. The van der Waals surface area contributed by atoms with Gasteiger partial charge in [-0.15, -0.1) is 0 Å². The zero-order valence-electron chi connectivity index (χ0n) is 12.6. The smallest absolute Gasteiger partial charge is 0.137 e. The van der Waals surface area contributed by atoms with E-state index in [1.54, 1.807) is 6.20 Å². The van der Waals surface area contributed by atoms with Crippen molar-refractivity contribution < 1.29 is 4.74 Å². The fourth-order valence-corrected chi connectivity index (χ4v) is 2.31. The first kappa shape index (κ1) is 15.2. The summed E-state index contributed by atoms with van der Waals surface area (Å²) in [4.78, 5) is 9.17. The third kappa shape index (κ3) is 5.07. The van der Waals surface area contributed by atoms with Crippen LogP contribution in [0.1, 0.15) is 12.6 Å². The minimum atomic E-state index is 0.145. The molecule has 0 amide bonds. The van der Waals surface area contributed by atoms with Crippen LogP contribution in [0, 0.1) is 0 Å². The van der Waals surface area contributed by atoms with E-state index in [-0.39, 0.29) is 6.04 Å². The molecule has 0 bridgehead atoms. The lowest BCUT2D eigenvalue weighted by Gasteiger charge is -2.32. The van der Waals surface area contributed by atoms with Crippen LogP contribution in [-0.4, -0.2) is 67.2 Å². The number of aromatic nitrogens is 1. The largest absolute Gasteiger partial charge is 0.491 e. The fraction of sp³-hybridized carbons (Fsp3) is 0.667. The van der Waals surface area contributed by atoms with E-state index in [1.807, 2.05) is 19.1 Å². The molecule has 1 aliphatic rings. The highest BCUT2D eigenvalue weighted by molar-refractivity contribution is 5.20. The number of nitrogens with two attached hydrogens (primary N) is 1. The van der Waals surface area contributed by atoms with Crippen molar-refractivity contribution in [3.05, 3.63) is 24.0 Å². The van der Waals surface area contributed by atoms with Crippen LogP contribution in [0.15, 0.2) is 18.3 Å². The Morgan fingerprint density at radius 3 is 2.65 bits per heavy atom. The first-order valence-electron chi connectivity index (χ1n) is 7.37. The summed E-state index contributed by atoms with van der Waals surface area (Å²) in [6, 6.07) is 4.12. The Hall–Kier alpha value is -1.17. The number of hydrogen-bond donors (Lipinski definition) is 1. The number of ether oxygens (including phenoxy) is 1. The quantitative estimate of drug-likeness (QED) is 0.826. The second-order valence-electron chi connectivity index (χ2n) is 5.66. The maximum atomic E-state index is 5.75. The van der Waals surface area contributed by atoms with Gasteiger partial charge in [0.25, 0.3) is 0 Å². The summed E-state index contributed by atoms with van der Waals surface area (Å²) in [6.45, 7) is 8.24. The van der Waals surface area contributed by atoms with Gasteiger partial charge in [0.15, 0.2) is 0 Å². The molecule has 0 aliphatic carbocycles. The average Bonchev–Trinajstić information content (AvgIpc) is 2.42. The zero-order chi connectivity index (χ0) is 14.4. The average molecular weight is 278 g/mol. The van der Waals surface area contributed by atoms with Gasteiger partial charge in [-0.05, 0) is 26.1 Å². The minimum absolute atomic E-state index is 0.145. The van der Waals surface area contributed by atoms with Crippen LogP contribution in [0.4, 0.5) is 0 Å². The fourth-order valence-electron chi connectivity index (χ4n) is 2.31. The number of hydrogen-bond acceptors (Lipinski definition) is 5. The Morgan fingerprint density at radius 2 is 2.05 bits per heavy atom. The van der Waals surface area contributed by atoms with Gasteiger partial charge < -0.3 is 15.4 Å². The molecule has 2 N–H and O–H groups in total. The van der Waals surface area contributed by atoms with Gasteiger partial charge in [0, 0.05) is 50.9 Å². The van der Waals surface area contributed by atoms with Crippen molar-refractivity contribution in [2.75, 3.05) is 46.4 Å². The van der Waals surface area contributed by atoms with Crippen molar-refractivity contribution in [3.63, 3.8) is 0 Å². The Labute approximate surface area is 121 Å². The first-order valence-corrected chi connectivity index (χ1v) is 7.37. The van der Waals surface area contributed by atoms with Gasteiger partial charge in [0.05, 0.1) is 6.20 Å². The molecule has 2 rings (SSSR count). The highest BCUT2D eigenvalue weighted by Crippen LogP contribution is 2.10. The van der Waals surface area contributed by atoms with Crippen molar-refractivity contribution in [2.45, 2.75) is 19.4 Å². The third-order valence-electron chi connectivity index (χ3n) is 3.60. The van der Waals surface area contributed by atoms with Crippen molar-refractivity contribution >= 4 is 0 Å². The number of nitrogens with zero attached hydrogens (tertiary/aromatic N) is 3. The highest BCUT2D eigenvalue weighted by Gasteiger charge is 2.13. The monoisotopic (exact) mass is 278 g/mol. The topological polar surface area (TPSA) is 54.6 Å². The van der Waals surface area contributed by atoms with Gasteiger partial charge in [-0.2, -0.15) is 0 Å². The van der Waals surface area contributed by atoms with Gasteiger partial charge in [-0.1, -0.05) is 0 Å². The summed E-state index contributed by atoms with van der Waals surface area (Å²) in [5, 5.41) is 0. The van der Waals surface area contributed by atoms with Crippen LogP contribution in [0.25, 0.3) is 0 Å². The molecule has 1 saturated heterocycles. The number of rotatable bonds is 6. The molecular weight excluding hydrogens is 252 g/mol. The predicted molar refractivity (Wildman–Crippen MR) is 81.0 cm³/mol. The first-order chi connectivity index (χ1) is 9.63. The molecular formula is C15H26N4O. The Bertz CT molecular complexity index is 385. The molecule has 0 radical (unpaired) electrons. The van der Waals surface area contributed by atoms with E-state index in [1.165, 1.54) is 0 Å².